The van der Waals surface area contributed by atoms with Crippen molar-refractivity contribution in [1.82, 2.24) is 9.66 Å². The van der Waals surface area contributed by atoms with Gasteiger partial charge in [-0.2, -0.15) is 9.78 Å². The molecule has 5 rings (SSSR count). The fraction of sp³-hybridized carbons (Fsp3) is 0.250. The minimum Gasteiger partial charge on any atom is -0.494 e. The van der Waals surface area contributed by atoms with Crippen molar-refractivity contribution < 1.29 is 18.6 Å². The summed E-state index contributed by atoms with van der Waals surface area (Å²) in [6, 6.07) is 21.3. The smallest absolute Gasteiger partial charge is 0.282 e. The van der Waals surface area contributed by atoms with Gasteiger partial charge in [0.15, 0.2) is 17.3 Å². The van der Waals surface area contributed by atoms with Crippen LogP contribution in [0.25, 0.3) is 22.3 Å². The summed E-state index contributed by atoms with van der Waals surface area (Å²) in [5.41, 5.74) is 4.08. The molecule has 0 spiro atoms. The molecule has 0 bridgehead atoms. The fourth-order valence-electron chi connectivity index (χ4n) is 5.00. The summed E-state index contributed by atoms with van der Waals surface area (Å²) in [6.07, 6.45) is 1.59. The molecule has 0 atom stereocenters. The molecule has 232 valence electrons. The number of ether oxygens (including phenoxy) is 3. The van der Waals surface area contributed by atoms with E-state index in [0.717, 1.165) is 22.4 Å². The molecule has 45 heavy (non-hydrogen) atoms. The van der Waals surface area contributed by atoms with E-state index in [-0.39, 0.29) is 23.9 Å². The monoisotopic (exact) mass is 671 g/mol. The normalized spacial score (nSPS) is 11.5. The van der Waals surface area contributed by atoms with Crippen molar-refractivity contribution in [2.24, 2.45) is 5.10 Å². The summed E-state index contributed by atoms with van der Waals surface area (Å²) in [4.78, 5) is 18.8. The Bertz CT molecular complexity index is 1940. The van der Waals surface area contributed by atoms with E-state index in [0.29, 0.717) is 57.0 Å². The first kappa shape index (κ1) is 31.9. The van der Waals surface area contributed by atoms with Crippen molar-refractivity contribution in [2.75, 3.05) is 13.2 Å². The topological polar surface area (TPSA) is 74.9 Å². The van der Waals surface area contributed by atoms with E-state index < -0.39 is 0 Å². The highest BCUT2D eigenvalue weighted by Gasteiger charge is 2.19. The number of rotatable bonds is 11. The Kier molecular flexibility index (Phi) is 9.98. The highest BCUT2D eigenvalue weighted by atomic mass is 79.9. The van der Waals surface area contributed by atoms with Gasteiger partial charge in [0.25, 0.3) is 5.56 Å². The Morgan fingerprint density at radius 1 is 0.933 bits per heavy atom. The standard InChI is InChI=1S/C36H35BrFN3O4/c1-6-43-32-16-23(5)28(18-27(32)22(3)4)35-40-31-15-11-9-13-26(31)36(42)41(35)39-20-25-17-33(44-7-2)34(19-29(25)37)45-21-24-12-8-10-14-30(24)38/h8-20,22H,6-7,21H2,1-5H3. The summed E-state index contributed by atoms with van der Waals surface area (Å²) >= 11 is 3.61. The van der Waals surface area contributed by atoms with E-state index >= 15 is 0 Å². The van der Waals surface area contributed by atoms with Gasteiger partial charge in [0.1, 0.15) is 18.2 Å². The lowest BCUT2D eigenvalue weighted by Gasteiger charge is -2.18. The van der Waals surface area contributed by atoms with Crippen LogP contribution >= 0.6 is 15.9 Å². The van der Waals surface area contributed by atoms with Crippen LogP contribution in [0.15, 0.2) is 87.2 Å². The number of aryl methyl sites for hydroxylation is 1. The van der Waals surface area contributed by atoms with Gasteiger partial charge in [0.05, 0.1) is 30.3 Å². The molecular formula is C36H35BrFN3O4. The van der Waals surface area contributed by atoms with Crippen molar-refractivity contribution in [2.45, 2.75) is 47.1 Å². The predicted molar refractivity (Wildman–Crippen MR) is 180 cm³/mol. The van der Waals surface area contributed by atoms with Crippen molar-refractivity contribution in [3.63, 3.8) is 0 Å². The molecule has 9 heteroatoms. The summed E-state index contributed by atoms with van der Waals surface area (Å²) in [7, 11) is 0. The zero-order valence-electron chi connectivity index (χ0n) is 25.9. The van der Waals surface area contributed by atoms with Crippen LogP contribution in [0.1, 0.15) is 55.9 Å². The van der Waals surface area contributed by atoms with Crippen molar-refractivity contribution in [3.8, 4) is 28.6 Å². The molecule has 0 saturated heterocycles. The van der Waals surface area contributed by atoms with Crippen LogP contribution in [-0.4, -0.2) is 29.1 Å². The van der Waals surface area contributed by atoms with Gasteiger partial charge in [0, 0.05) is 21.2 Å². The third-order valence-electron chi connectivity index (χ3n) is 7.29. The number of benzene rings is 4. The van der Waals surface area contributed by atoms with Gasteiger partial charge in [0.2, 0.25) is 0 Å². The SMILES string of the molecule is CCOc1cc(C=Nn2c(-c3cc(C(C)C)c(OCC)cc3C)nc3ccccc3c2=O)c(Br)cc1OCc1ccccc1F. The number of fused-ring (bicyclic) bond motifs is 1. The molecule has 0 amide bonds. The predicted octanol–water partition coefficient (Wildman–Crippen LogP) is 8.66. The van der Waals surface area contributed by atoms with Gasteiger partial charge < -0.3 is 14.2 Å². The number of nitrogens with zero attached hydrogens (tertiary/aromatic N) is 3. The molecule has 5 aromatic rings. The average Bonchev–Trinajstić information content (AvgIpc) is 3.02. The largest absolute Gasteiger partial charge is 0.494 e. The van der Waals surface area contributed by atoms with E-state index in [9.17, 15) is 9.18 Å². The minimum absolute atomic E-state index is 0.0357. The van der Waals surface area contributed by atoms with Crippen molar-refractivity contribution in [3.05, 3.63) is 116 Å². The Morgan fingerprint density at radius 3 is 2.36 bits per heavy atom. The van der Waals surface area contributed by atoms with Crippen LogP contribution in [0.5, 0.6) is 17.2 Å². The first-order valence-corrected chi connectivity index (χ1v) is 15.7. The van der Waals surface area contributed by atoms with Crippen molar-refractivity contribution in [1.29, 1.82) is 0 Å². The fourth-order valence-corrected chi connectivity index (χ4v) is 5.42. The van der Waals surface area contributed by atoms with Crippen molar-refractivity contribution >= 4 is 33.0 Å². The van der Waals surface area contributed by atoms with Crippen LogP contribution < -0.4 is 19.8 Å². The number of para-hydroxylation sites is 1. The Morgan fingerprint density at radius 2 is 1.62 bits per heavy atom. The highest BCUT2D eigenvalue weighted by Crippen LogP contribution is 2.36. The lowest BCUT2D eigenvalue weighted by molar-refractivity contribution is 0.265. The van der Waals surface area contributed by atoms with Gasteiger partial charge in [-0.3, -0.25) is 4.79 Å². The molecule has 0 aliphatic heterocycles. The number of aromatic nitrogens is 2. The zero-order valence-corrected chi connectivity index (χ0v) is 27.5. The van der Waals surface area contributed by atoms with Gasteiger partial charge in [-0.25, -0.2) is 9.37 Å². The zero-order chi connectivity index (χ0) is 32.1. The Labute approximate surface area is 270 Å². The summed E-state index contributed by atoms with van der Waals surface area (Å²) in [5, 5.41) is 5.14. The summed E-state index contributed by atoms with van der Waals surface area (Å²) in [6.45, 7) is 11.0. The summed E-state index contributed by atoms with van der Waals surface area (Å²) in [5.74, 6) is 1.99. The minimum atomic E-state index is -0.341. The highest BCUT2D eigenvalue weighted by molar-refractivity contribution is 9.10. The van der Waals surface area contributed by atoms with Gasteiger partial charge >= 0.3 is 0 Å². The Balaban J connectivity index is 1.61. The maximum Gasteiger partial charge on any atom is 0.282 e. The van der Waals surface area contributed by atoms with E-state index in [4.69, 9.17) is 19.2 Å². The quantitative estimate of drug-likeness (QED) is 0.131. The number of hydrogen-bond acceptors (Lipinski definition) is 6. The molecule has 4 aromatic carbocycles. The molecule has 7 nitrogen and oxygen atoms in total. The second kappa shape index (κ2) is 14.1. The first-order valence-electron chi connectivity index (χ1n) is 14.9. The van der Waals surface area contributed by atoms with Crippen LogP contribution in [0.4, 0.5) is 4.39 Å². The maximum absolute atomic E-state index is 14.2. The number of hydrogen-bond donors (Lipinski definition) is 0. The van der Waals surface area contributed by atoms with Crippen LogP contribution in [0, 0.1) is 12.7 Å². The third-order valence-corrected chi connectivity index (χ3v) is 7.98. The van der Waals surface area contributed by atoms with Crippen LogP contribution in [-0.2, 0) is 6.61 Å². The molecule has 0 aliphatic rings. The third kappa shape index (κ3) is 6.93. The first-order chi connectivity index (χ1) is 21.7. The molecule has 0 radical (unpaired) electrons. The van der Waals surface area contributed by atoms with Gasteiger partial charge in [-0.1, -0.05) is 44.2 Å². The van der Waals surface area contributed by atoms with Gasteiger partial charge in [-0.05, 0) is 96.2 Å². The molecule has 1 heterocycles. The van der Waals surface area contributed by atoms with E-state index in [1.165, 1.54) is 10.7 Å². The molecule has 0 fully saturated rings. The molecule has 0 aliphatic carbocycles. The Hall–Kier alpha value is -4.50. The maximum atomic E-state index is 14.2. The van der Waals surface area contributed by atoms with Gasteiger partial charge in [-0.15, -0.1) is 0 Å². The van der Waals surface area contributed by atoms with Crippen LogP contribution in [0.3, 0.4) is 0 Å². The lowest BCUT2D eigenvalue weighted by atomic mass is 9.96. The van der Waals surface area contributed by atoms with E-state index in [1.54, 1.807) is 42.6 Å². The second-order valence-electron chi connectivity index (χ2n) is 10.7. The number of halogens is 2. The molecule has 0 saturated carbocycles. The average molecular weight is 673 g/mol. The van der Waals surface area contributed by atoms with E-state index in [1.807, 2.05) is 51.1 Å². The molecule has 1 aromatic heterocycles. The molecule has 0 N–H and O–H groups in total. The second-order valence-corrected chi connectivity index (χ2v) is 11.6. The summed E-state index contributed by atoms with van der Waals surface area (Å²) < 4.78 is 33.9. The van der Waals surface area contributed by atoms with E-state index in [2.05, 4.69) is 34.9 Å². The lowest BCUT2D eigenvalue weighted by Crippen LogP contribution is -2.21. The molecular weight excluding hydrogens is 637 g/mol. The van der Waals surface area contributed by atoms with Crippen LogP contribution in [0.2, 0.25) is 0 Å². The molecule has 0 unspecified atom stereocenters.